The minimum Gasteiger partial charge on any atom is -0.474 e. The van der Waals surface area contributed by atoms with E-state index in [9.17, 15) is 0 Å². The zero-order valence-electron chi connectivity index (χ0n) is 9.61. The van der Waals surface area contributed by atoms with Crippen molar-refractivity contribution in [3.63, 3.8) is 0 Å². The highest BCUT2D eigenvalue weighted by atomic mass is 16.5. The molecule has 0 aliphatic carbocycles. The molecule has 1 aromatic heterocycles. The summed E-state index contributed by atoms with van der Waals surface area (Å²) < 4.78 is 11.1. The van der Waals surface area contributed by atoms with Gasteiger partial charge in [-0.15, -0.1) is 0 Å². The highest BCUT2D eigenvalue weighted by Crippen LogP contribution is 2.16. The quantitative estimate of drug-likeness (QED) is 0.835. The Morgan fingerprint density at radius 3 is 3.06 bits per heavy atom. The third-order valence-corrected chi connectivity index (χ3v) is 2.64. The fourth-order valence-electron chi connectivity index (χ4n) is 1.79. The lowest BCUT2D eigenvalue weighted by Crippen LogP contribution is -2.26. The van der Waals surface area contributed by atoms with Gasteiger partial charge in [-0.3, -0.25) is 0 Å². The Balaban J connectivity index is 1.94. The molecule has 4 nitrogen and oxygen atoms in total. The van der Waals surface area contributed by atoms with Crippen LogP contribution in [0.5, 0.6) is 5.88 Å². The highest BCUT2D eigenvalue weighted by molar-refractivity contribution is 5.20. The Kier molecular flexibility index (Phi) is 4.13. The first-order valence-corrected chi connectivity index (χ1v) is 5.72. The van der Waals surface area contributed by atoms with Crippen molar-refractivity contribution < 1.29 is 9.47 Å². The van der Waals surface area contributed by atoms with Crippen LogP contribution in [0.1, 0.15) is 18.4 Å². The van der Waals surface area contributed by atoms with Crippen molar-refractivity contribution in [2.24, 2.45) is 0 Å². The van der Waals surface area contributed by atoms with E-state index in [1.54, 1.807) is 6.20 Å². The van der Waals surface area contributed by atoms with Crippen LogP contribution in [0.25, 0.3) is 0 Å². The molecule has 0 saturated carbocycles. The van der Waals surface area contributed by atoms with Gasteiger partial charge in [0.15, 0.2) is 0 Å². The van der Waals surface area contributed by atoms with E-state index in [0.29, 0.717) is 0 Å². The van der Waals surface area contributed by atoms with E-state index in [-0.39, 0.29) is 6.10 Å². The van der Waals surface area contributed by atoms with E-state index < -0.39 is 0 Å². The summed E-state index contributed by atoms with van der Waals surface area (Å²) in [5, 5.41) is 3.11. The second kappa shape index (κ2) is 5.82. The van der Waals surface area contributed by atoms with E-state index in [2.05, 4.69) is 10.3 Å². The molecule has 0 amide bonds. The van der Waals surface area contributed by atoms with Crippen LogP contribution in [0.4, 0.5) is 0 Å². The molecule has 0 spiro atoms. The smallest absolute Gasteiger partial charge is 0.213 e. The Bertz CT molecular complexity index is 325. The SMILES string of the molecule is CNCc1ccnc(OC2CCOCC2)c1. The van der Waals surface area contributed by atoms with Gasteiger partial charge in [0.1, 0.15) is 6.10 Å². The van der Waals surface area contributed by atoms with E-state index in [1.165, 1.54) is 5.56 Å². The molecular weight excluding hydrogens is 204 g/mol. The number of rotatable bonds is 4. The van der Waals surface area contributed by atoms with Crippen LogP contribution in [0, 0.1) is 0 Å². The van der Waals surface area contributed by atoms with E-state index in [1.807, 2.05) is 19.2 Å². The summed E-state index contributed by atoms with van der Waals surface area (Å²) in [7, 11) is 1.93. The number of nitrogens with zero attached hydrogens (tertiary/aromatic N) is 1. The molecule has 0 aromatic carbocycles. The van der Waals surface area contributed by atoms with Crippen LogP contribution in [-0.2, 0) is 11.3 Å². The number of aromatic nitrogens is 1. The summed E-state index contributed by atoms with van der Waals surface area (Å²) >= 11 is 0. The van der Waals surface area contributed by atoms with Gasteiger partial charge < -0.3 is 14.8 Å². The van der Waals surface area contributed by atoms with Gasteiger partial charge >= 0.3 is 0 Å². The molecule has 1 aliphatic heterocycles. The summed E-state index contributed by atoms with van der Waals surface area (Å²) in [5.74, 6) is 0.722. The van der Waals surface area contributed by atoms with E-state index >= 15 is 0 Å². The number of hydrogen-bond donors (Lipinski definition) is 1. The summed E-state index contributed by atoms with van der Waals surface area (Å²) in [6, 6.07) is 3.99. The predicted molar refractivity (Wildman–Crippen MR) is 61.5 cm³/mol. The van der Waals surface area contributed by atoms with Crippen LogP contribution < -0.4 is 10.1 Å². The average molecular weight is 222 g/mol. The summed E-state index contributed by atoms with van der Waals surface area (Å²) in [6.45, 7) is 2.43. The molecule has 1 fully saturated rings. The Hall–Kier alpha value is -1.13. The molecule has 2 rings (SSSR count). The lowest BCUT2D eigenvalue weighted by molar-refractivity contribution is 0.0237. The standard InChI is InChI=1S/C12H18N2O2/c1-13-9-10-2-5-14-12(8-10)16-11-3-6-15-7-4-11/h2,5,8,11,13H,3-4,6-7,9H2,1H3. The molecular formula is C12H18N2O2. The minimum absolute atomic E-state index is 0.256. The van der Waals surface area contributed by atoms with Crippen molar-refractivity contribution in [2.75, 3.05) is 20.3 Å². The molecule has 16 heavy (non-hydrogen) atoms. The maximum Gasteiger partial charge on any atom is 0.213 e. The van der Waals surface area contributed by atoms with Crippen molar-refractivity contribution in [1.29, 1.82) is 0 Å². The molecule has 2 heterocycles. The molecule has 0 bridgehead atoms. The van der Waals surface area contributed by atoms with Crippen LogP contribution in [0.15, 0.2) is 18.3 Å². The van der Waals surface area contributed by atoms with Crippen LogP contribution in [0.2, 0.25) is 0 Å². The van der Waals surface area contributed by atoms with Crippen LogP contribution in [-0.4, -0.2) is 31.3 Å². The number of nitrogens with one attached hydrogen (secondary N) is 1. The van der Waals surface area contributed by atoms with Crippen molar-refractivity contribution in [3.05, 3.63) is 23.9 Å². The Morgan fingerprint density at radius 2 is 2.31 bits per heavy atom. The van der Waals surface area contributed by atoms with Crippen LogP contribution >= 0.6 is 0 Å². The van der Waals surface area contributed by atoms with Gasteiger partial charge in [0, 0.05) is 31.6 Å². The van der Waals surface area contributed by atoms with Gasteiger partial charge in [-0.25, -0.2) is 4.98 Å². The maximum atomic E-state index is 5.82. The van der Waals surface area contributed by atoms with Gasteiger partial charge in [-0.1, -0.05) is 0 Å². The van der Waals surface area contributed by atoms with Gasteiger partial charge in [-0.05, 0) is 18.7 Å². The van der Waals surface area contributed by atoms with E-state index in [4.69, 9.17) is 9.47 Å². The zero-order chi connectivity index (χ0) is 11.2. The summed E-state index contributed by atoms with van der Waals surface area (Å²) in [4.78, 5) is 4.22. The fourth-order valence-corrected chi connectivity index (χ4v) is 1.79. The first-order chi connectivity index (χ1) is 7.88. The molecule has 1 saturated heterocycles. The number of ether oxygens (including phenoxy) is 2. The maximum absolute atomic E-state index is 5.82. The van der Waals surface area contributed by atoms with Gasteiger partial charge in [0.2, 0.25) is 5.88 Å². The molecule has 88 valence electrons. The first-order valence-electron chi connectivity index (χ1n) is 5.72. The van der Waals surface area contributed by atoms with Crippen molar-refractivity contribution in [2.45, 2.75) is 25.5 Å². The van der Waals surface area contributed by atoms with Gasteiger partial charge in [-0.2, -0.15) is 0 Å². The lowest BCUT2D eigenvalue weighted by atomic mass is 10.1. The summed E-state index contributed by atoms with van der Waals surface area (Å²) in [6.07, 6.45) is 3.96. The lowest BCUT2D eigenvalue weighted by Gasteiger charge is -2.22. The Labute approximate surface area is 96.0 Å². The second-order valence-electron chi connectivity index (χ2n) is 3.96. The number of hydrogen-bond acceptors (Lipinski definition) is 4. The van der Waals surface area contributed by atoms with Crippen molar-refractivity contribution >= 4 is 0 Å². The Morgan fingerprint density at radius 1 is 1.50 bits per heavy atom. The number of pyridine rings is 1. The average Bonchev–Trinajstić information content (AvgIpc) is 2.31. The largest absolute Gasteiger partial charge is 0.474 e. The first kappa shape index (κ1) is 11.4. The molecule has 4 heteroatoms. The molecule has 1 N–H and O–H groups in total. The van der Waals surface area contributed by atoms with E-state index in [0.717, 1.165) is 38.5 Å². The third-order valence-electron chi connectivity index (χ3n) is 2.64. The summed E-state index contributed by atoms with van der Waals surface area (Å²) in [5.41, 5.74) is 1.19. The van der Waals surface area contributed by atoms with Crippen LogP contribution in [0.3, 0.4) is 0 Å². The van der Waals surface area contributed by atoms with Crippen molar-refractivity contribution in [3.8, 4) is 5.88 Å². The third kappa shape index (κ3) is 3.18. The molecule has 0 atom stereocenters. The normalized spacial score (nSPS) is 17.3. The van der Waals surface area contributed by atoms with Gasteiger partial charge in [0.25, 0.3) is 0 Å². The minimum atomic E-state index is 0.256. The van der Waals surface area contributed by atoms with Gasteiger partial charge in [0.05, 0.1) is 13.2 Å². The predicted octanol–water partition coefficient (Wildman–Crippen LogP) is 1.36. The fraction of sp³-hybridized carbons (Fsp3) is 0.583. The molecule has 0 radical (unpaired) electrons. The second-order valence-corrected chi connectivity index (χ2v) is 3.96. The highest BCUT2D eigenvalue weighted by Gasteiger charge is 2.15. The topological polar surface area (TPSA) is 43.4 Å². The zero-order valence-corrected chi connectivity index (χ0v) is 9.61. The molecule has 1 aromatic rings. The van der Waals surface area contributed by atoms with Crippen molar-refractivity contribution in [1.82, 2.24) is 10.3 Å². The molecule has 0 unspecified atom stereocenters. The monoisotopic (exact) mass is 222 g/mol. The molecule has 1 aliphatic rings.